The average molecular weight is 345 g/mol. The van der Waals surface area contributed by atoms with Crippen molar-refractivity contribution >= 4 is 22.5 Å². The first-order valence-electron chi connectivity index (χ1n) is 8.62. The first-order chi connectivity index (χ1) is 11.7. The standard InChI is InChI=1S/C19H24FN3O2/c1-19(2,25)13-3-5-14(6-4-13)23-18(24)12-7-11-8-15(20)16(21)9-17(11)22-10-12/h7-10,13-14,25H,3-6,21H2,1-2H3,(H,23,24)/t13-,14-. The van der Waals surface area contributed by atoms with Gasteiger partial charge in [-0.2, -0.15) is 0 Å². The molecule has 0 radical (unpaired) electrons. The van der Waals surface area contributed by atoms with Gasteiger partial charge in [0.05, 0.1) is 22.4 Å². The molecule has 0 atom stereocenters. The van der Waals surface area contributed by atoms with Crippen LogP contribution in [0, 0.1) is 11.7 Å². The lowest BCUT2D eigenvalue weighted by Gasteiger charge is -2.36. The number of benzene rings is 1. The summed E-state index contributed by atoms with van der Waals surface area (Å²) in [6.07, 6.45) is 4.93. The van der Waals surface area contributed by atoms with Crippen LogP contribution in [0.3, 0.4) is 0 Å². The molecule has 6 heteroatoms. The molecule has 1 aromatic heterocycles. The number of fused-ring (bicyclic) bond motifs is 1. The molecule has 5 nitrogen and oxygen atoms in total. The van der Waals surface area contributed by atoms with E-state index in [9.17, 15) is 14.3 Å². The molecule has 0 saturated heterocycles. The van der Waals surface area contributed by atoms with Gasteiger partial charge >= 0.3 is 0 Å². The molecule has 0 aliphatic heterocycles. The number of nitrogens with zero attached hydrogens (tertiary/aromatic N) is 1. The summed E-state index contributed by atoms with van der Waals surface area (Å²) in [6.45, 7) is 3.67. The van der Waals surface area contributed by atoms with E-state index in [4.69, 9.17) is 5.73 Å². The van der Waals surface area contributed by atoms with Gasteiger partial charge in [-0.15, -0.1) is 0 Å². The van der Waals surface area contributed by atoms with Crippen LogP contribution in [-0.2, 0) is 0 Å². The maximum Gasteiger partial charge on any atom is 0.253 e. The van der Waals surface area contributed by atoms with Gasteiger partial charge < -0.3 is 16.2 Å². The van der Waals surface area contributed by atoms with E-state index in [1.165, 1.54) is 18.3 Å². The lowest BCUT2D eigenvalue weighted by molar-refractivity contribution is -0.00257. The Balaban J connectivity index is 1.68. The van der Waals surface area contributed by atoms with E-state index in [1.54, 1.807) is 6.07 Å². The van der Waals surface area contributed by atoms with Crippen molar-refractivity contribution in [3.8, 4) is 0 Å². The Labute approximate surface area is 146 Å². The lowest BCUT2D eigenvalue weighted by atomic mass is 9.77. The van der Waals surface area contributed by atoms with Crippen LogP contribution in [0.15, 0.2) is 24.4 Å². The number of carbonyl (C=O) groups is 1. The highest BCUT2D eigenvalue weighted by molar-refractivity contribution is 5.97. The summed E-state index contributed by atoms with van der Waals surface area (Å²) in [4.78, 5) is 16.7. The molecule has 4 N–H and O–H groups in total. The first-order valence-corrected chi connectivity index (χ1v) is 8.62. The van der Waals surface area contributed by atoms with Gasteiger partial charge in [-0.05, 0) is 63.6 Å². The van der Waals surface area contributed by atoms with E-state index >= 15 is 0 Å². The van der Waals surface area contributed by atoms with Gasteiger partial charge in [-0.25, -0.2) is 4.39 Å². The van der Waals surface area contributed by atoms with Gasteiger partial charge in [0.25, 0.3) is 5.91 Å². The van der Waals surface area contributed by atoms with Crippen molar-refractivity contribution in [1.82, 2.24) is 10.3 Å². The number of pyridine rings is 1. The number of hydrogen-bond donors (Lipinski definition) is 3. The van der Waals surface area contributed by atoms with Crippen molar-refractivity contribution in [3.63, 3.8) is 0 Å². The highest BCUT2D eigenvalue weighted by atomic mass is 19.1. The van der Waals surface area contributed by atoms with Crippen LogP contribution in [0.2, 0.25) is 0 Å². The number of carbonyl (C=O) groups excluding carboxylic acids is 1. The molecular formula is C19H24FN3O2. The van der Waals surface area contributed by atoms with Gasteiger partial charge in [0.2, 0.25) is 0 Å². The second-order valence-corrected chi connectivity index (χ2v) is 7.47. The van der Waals surface area contributed by atoms with E-state index in [2.05, 4.69) is 10.3 Å². The smallest absolute Gasteiger partial charge is 0.253 e. The number of aromatic nitrogens is 1. The Kier molecular flexibility index (Phi) is 4.64. The van der Waals surface area contributed by atoms with Crippen LogP contribution in [0.4, 0.5) is 10.1 Å². The van der Waals surface area contributed by atoms with Crippen LogP contribution < -0.4 is 11.1 Å². The van der Waals surface area contributed by atoms with Gasteiger partial charge in [0.15, 0.2) is 0 Å². The molecule has 1 aliphatic carbocycles. The highest BCUT2D eigenvalue weighted by Gasteiger charge is 2.31. The summed E-state index contributed by atoms with van der Waals surface area (Å²) in [7, 11) is 0. The van der Waals surface area contributed by atoms with Crippen LogP contribution in [-0.4, -0.2) is 27.6 Å². The number of anilines is 1. The topological polar surface area (TPSA) is 88.2 Å². The minimum Gasteiger partial charge on any atom is -0.396 e. The molecule has 1 aliphatic rings. The molecule has 25 heavy (non-hydrogen) atoms. The zero-order chi connectivity index (χ0) is 18.2. The van der Waals surface area contributed by atoms with Crippen molar-refractivity contribution in [3.05, 3.63) is 35.8 Å². The third-order valence-corrected chi connectivity index (χ3v) is 5.12. The Morgan fingerprint density at radius 1 is 1.28 bits per heavy atom. The molecule has 0 unspecified atom stereocenters. The second-order valence-electron chi connectivity index (χ2n) is 7.47. The van der Waals surface area contributed by atoms with Crippen molar-refractivity contribution in [1.29, 1.82) is 0 Å². The molecule has 2 aromatic rings. The fraction of sp³-hybridized carbons (Fsp3) is 0.474. The Hall–Kier alpha value is -2.21. The largest absolute Gasteiger partial charge is 0.396 e. The maximum atomic E-state index is 13.6. The summed E-state index contributed by atoms with van der Waals surface area (Å²) in [5.41, 5.74) is 5.86. The summed E-state index contributed by atoms with van der Waals surface area (Å²) in [6, 6.07) is 4.47. The van der Waals surface area contributed by atoms with E-state index in [0.29, 0.717) is 16.5 Å². The fourth-order valence-corrected chi connectivity index (χ4v) is 3.50. The third-order valence-electron chi connectivity index (χ3n) is 5.12. The molecule has 0 spiro atoms. The molecule has 1 fully saturated rings. The summed E-state index contributed by atoms with van der Waals surface area (Å²) in [5.74, 6) is -0.466. The molecule has 0 bridgehead atoms. The minimum atomic E-state index is -0.677. The molecule has 134 valence electrons. The summed E-state index contributed by atoms with van der Waals surface area (Å²) < 4.78 is 13.6. The summed E-state index contributed by atoms with van der Waals surface area (Å²) in [5, 5.41) is 13.7. The average Bonchev–Trinajstić information content (AvgIpc) is 2.55. The zero-order valence-corrected chi connectivity index (χ0v) is 14.6. The van der Waals surface area contributed by atoms with Crippen LogP contribution in [0.1, 0.15) is 49.9 Å². The van der Waals surface area contributed by atoms with Crippen LogP contribution in [0.25, 0.3) is 10.9 Å². The van der Waals surface area contributed by atoms with E-state index in [1.807, 2.05) is 13.8 Å². The van der Waals surface area contributed by atoms with Crippen molar-refractivity contribution in [2.45, 2.75) is 51.2 Å². The quantitative estimate of drug-likeness (QED) is 0.746. The molecule has 3 rings (SSSR count). The van der Waals surface area contributed by atoms with Crippen LogP contribution >= 0.6 is 0 Å². The van der Waals surface area contributed by atoms with Gasteiger partial charge in [-0.3, -0.25) is 9.78 Å². The van der Waals surface area contributed by atoms with E-state index < -0.39 is 11.4 Å². The molecule has 1 heterocycles. The number of amides is 1. The number of halogens is 1. The van der Waals surface area contributed by atoms with Gasteiger partial charge in [0, 0.05) is 17.6 Å². The molecule has 1 amide bonds. The van der Waals surface area contributed by atoms with Gasteiger partial charge in [-0.1, -0.05) is 0 Å². The normalized spacial score (nSPS) is 21.3. The molecular weight excluding hydrogens is 321 g/mol. The number of aliphatic hydroxyl groups is 1. The number of hydrogen-bond acceptors (Lipinski definition) is 4. The van der Waals surface area contributed by atoms with Crippen LogP contribution in [0.5, 0.6) is 0 Å². The monoisotopic (exact) mass is 345 g/mol. The Morgan fingerprint density at radius 2 is 1.96 bits per heavy atom. The van der Waals surface area contributed by atoms with Gasteiger partial charge in [0.1, 0.15) is 5.82 Å². The number of nitrogens with one attached hydrogen (secondary N) is 1. The van der Waals surface area contributed by atoms with E-state index in [0.717, 1.165) is 25.7 Å². The summed E-state index contributed by atoms with van der Waals surface area (Å²) >= 11 is 0. The third kappa shape index (κ3) is 3.90. The number of nitrogen functional groups attached to an aromatic ring is 1. The predicted octanol–water partition coefficient (Wildman–Crippen LogP) is 3.02. The maximum absolute atomic E-state index is 13.6. The second kappa shape index (κ2) is 6.59. The number of rotatable bonds is 3. The van der Waals surface area contributed by atoms with Crippen molar-refractivity contribution in [2.24, 2.45) is 5.92 Å². The number of nitrogens with two attached hydrogens (primary N) is 1. The SMILES string of the molecule is CC(C)(O)[C@H]1CC[C@H](NC(=O)c2cnc3cc(N)c(F)cc3c2)CC1. The minimum absolute atomic E-state index is 0.0424. The molecule has 1 aromatic carbocycles. The Morgan fingerprint density at radius 3 is 2.60 bits per heavy atom. The first kappa shape index (κ1) is 17.6. The van der Waals surface area contributed by atoms with E-state index in [-0.39, 0.29) is 23.6 Å². The van der Waals surface area contributed by atoms with Crippen molar-refractivity contribution < 1.29 is 14.3 Å². The predicted molar refractivity (Wildman–Crippen MR) is 95.6 cm³/mol. The Bertz CT molecular complexity index is 793. The highest BCUT2D eigenvalue weighted by Crippen LogP contribution is 2.32. The van der Waals surface area contributed by atoms with Crippen molar-refractivity contribution in [2.75, 3.05) is 5.73 Å². The molecule has 1 saturated carbocycles. The zero-order valence-electron chi connectivity index (χ0n) is 14.6. The lowest BCUT2D eigenvalue weighted by Crippen LogP contribution is -2.41. The fourth-order valence-electron chi connectivity index (χ4n) is 3.50.